The molecule has 3 N–H and O–H groups in total. The first-order chi connectivity index (χ1) is 13.2. The van der Waals surface area contributed by atoms with Crippen molar-refractivity contribution in [3.05, 3.63) is 34.4 Å². The quantitative estimate of drug-likeness (QED) is 0.361. The molecule has 1 aromatic carbocycles. The summed E-state index contributed by atoms with van der Waals surface area (Å²) in [6, 6.07) is 2.20. The molecule has 0 saturated heterocycles. The van der Waals surface area contributed by atoms with Crippen molar-refractivity contribution >= 4 is 17.9 Å². The summed E-state index contributed by atoms with van der Waals surface area (Å²) in [7, 11) is 0. The molecule has 0 aliphatic carbocycles. The van der Waals surface area contributed by atoms with Crippen LogP contribution in [0, 0.1) is 5.92 Å². The van der Waals surface area contributed by atoms with Gasteiger partial charge in [-0.3, -0.25) is 0 Å². The zero-order valence-electron chi connectivity index (χ0n) is 16.9. The molecular weight excluding hydrogens is 360 g/mol. The molecule has 6 heteroatoms. The number of unbranched alkanes of at least 4 members (excludes halogenated alkanes) is 7. The van der Waals surface area contributed by atoms with Gasteiger partial charge in [0.15, 0.2) is 0 Å². The summed E-state index contributed by atoms with van der Waals surface area (Å²) in [5, 5.41) is 27.8. The second-order valence-electron chi connectivity index (χ2n) is 7.73. The van der Waals surface area contributed by atoms with Crippen LogP contribution in [0.3, 0.4) is 0 Å². The third-order valence-corrected chi connectivity index (χ3v) is 4.89. The van der Waals surface area contributed by atoms with Gasteiger partial charge in [-0.1, -0.05) is 65.2 Å². The lowest BCUT2D eigenvalue weighted by Gasteiger charge is -2.11. The van der Waals surface area contributed by atoms with Gasteiger partial charge < -0.3 is 15.3 Å². The Kier molecular flexibility index (Phi) is 10.3. The topological polar surface area (TPSA) is 112 Å². The van der Waals surface area contributed by atoms with Gasteiger partial charge in [-0.05, 0) is 36.5 Å². The lowest BCUT2D eigenvalue weighted by atomic mass is 9.93. The Morgan fingerprint density at radius 2 is 1.29 bits per heavy atom. The van der Waals surface area contributed by atoms with E-state index in [9.17, 15) is 24.6 Å². The van der Waals surface area contributed by atoms with Crippen LogP contribution >= 0.6 is 0 Å². The largest absolute Gasteiger partial charge is 0.478 e. The molecule has 0 aliphatic heterocycles. The van der Waals surface area contributed by atoms with Crippen LogP contribution in [0.15, 0.2) is 12.1 Å². The Morgan fingerprint density at radius 3 is 1.75 bits per heavy atom. The Balaban J connectivity index is 2.54. The minimum atomic E-state index is -1.43. The minimum Gasteiger partial charge on any atom is -0.478 e. The summed E-state index contributed by atoms with van der Waals surface area (Å²) in [6.45, 7) is 4.47. The molecule has 0 saturated carbocycles. The van der Waals surface area contributed by atoms with Gasteiger partial charge in [0.25, 0.3) is 0 Å². The maximum absolute atomic E-state index is 11.5. The summed E-state index contributed by atoms with van der Waals surface area (Å²) in [5.74, 6) is -3.28. The van der Waals surface area contributed by atoms with Crippen molar-refractivity contribution in [3.8, 4) is 0 Å². The van der Waals surface area contributed by atoms with Crippen LogP contribution in [-0.4, -0.2) is 33.2 Å². The lowest BCUT2D eigenvalue weighted by Crippen LogP contribution is -2.14. The Labute approximate surface area is 166 Å². The number of carboxylic acid groups (broad SMARTS) is 3. The SMILES string of the molecule is CC(C)CCCCCCCCCCc1cc(C(=O)O)cc(C(=O)O)c1C(=O)O. The van der Waals surface area contributed by atoms with E-state index < -0.39 is 23.5 Å². The molecule has 1 aromatic rings. The van der Waals surface area contributed by atoms with Crippen LogP contribution in [0.25, 0.3) is 0 Å². The maximum Gasteiger partial charge on any atom is 0.336 e. The van der Waals surface area contributed by atoms with E-state index in [1.807, 2.05) is 0 Å². The van der Waals surface area contributed by atoms with Crippen molar-refractivity contribution in [2.45, 2.75) is 78.1 Å². The zero-order chi connectivity index (χ0) is 21.1. The molecule has 0 spiro atoms. The summed E-state index contributed by atoms with van der Waals surface area (Å²) in [4.78, 5) is 34.1. The van der Waals surface area contributed by atoms with Gasteiger partial charge >= 0.3 is 17.9 Å². The number of rotatable bonds is 14. The zero-order valence-corrected chi connectivity index (χ0v) is 16.9. The number of carbonyl (C=O) groups is 3. The monoisotopic (exact) mass is 392 g/mol. The summed E-state index contributed by atoms with van der Waals surface area (Å²) in [6.07, 6.45) is 10.4. The number of hydrogen-bond acceptors (Lipinski definition) is 3. The number of aromatic carboxylic acids is 3. The standard InChI is InChI=1S/C22H32O6/c1-15(2)11-9-7-5-3-4-6-8-10-12-16-13-17(20(23)24)14-18(21(25)26)19(16)22(27)28/h13-15H,3-12H2,1-2H3,(H,23,24)(H,25,26)(H,27,28). The Hall–Kier alpha value is -2.37. The van der Waals surface area contributed by atoms with Crippen LogP contribution in [0.5, 0.6) is 0 Å². The van der Waals surface area contributed by atoms with Crippen molar-refractivity contribution in [2.75, 3.05) is 0 Å². The van der Waals surface area contributed by atoms with E-state index in [2.05, 4.69) is 13.8 Å². The number of benzene rings is 1. The van der Waals surface area contributed by atoms with E-state index in [0.717, 1.165) is 31.2 Å². The van der Waals surface area contributed by atoms with Gasteiger partial charge in [0.05, 0.1) is 16.7 Å². The second kappa shape index (κ2) is 12.2. The van der Waals surface area contributed by atoms with Crippen LogP contribution in [0.2, 0.25) is 0 Å². The first-order valence-corrected chi connectivity index (χ1v) is 10.1. The van der Waals surface area contributed by atoms with Crippen molar-refractivity contribution in [3.63, 3.8) is 0 Å². The van der Waals surface area contributed by atoms with Gasteiger partial charge in [-0.25, -0.2) is 14.4 Å². The molecular formula is C22H32O6. The fourth-order valence-electron chi connectivity index (χ4n) is 3.37. The molecule has 1 rings (SSSR count). The molecule has 6 nitrogen and oxygen atoms in total. The molecule has 0 aliphatic rings. The van der Waals surface area contributed by atoms with Crippen LogP contribution < -0.4 is 0 Å². The molecule has 0 bridgehead atoms. The minimum absolute atomic E-state index is 0.196. The van der Waals surface area contributed by atoms with E-state index in [0.29, 0.717) is 12.8 Å². The molecule has 0 aromatic heterocycles. The molecule has 0 radical (unpaired) electrons. The van der Waals surface area contributed by atoms with E-state index in [1.165, 1.54) is 38.2 Å². The molecule has 156 valence electrons. The number of aryl methyl sites for hydroxylation is 1. The average molecular weight is 392 g/mol. The van der Waals surface area contributed by atoms with Gasteiger partial charge in [0.2, 0.25) is 0 Å². The molecule has 0 unspecified atom stereocenters. The maximum atomic E-state index is 11.5. The van der Waals surface area contributed by atoms with E-state index in [4.69, 9.17) is 5.11 Å². The van der Waals surface area contributed by atoms with Crippen molar-refractivity contribution in [2.24, 2.45) is 5.92 Å². The van der Waals surface area contributed by atoms with Crippen molar-refractivity contribution < 1.29 is 29.7 Å². The van der Waals surface area contributed by atoms with Crippen LogP contribution in [0.1, 0.15) is 108 Å². The van der Waals surface area contributed by atoms with Crippen LogP contribution in [-0.2, 0) is 6.42 Å². The van der Waals surface area contributed by atoms with Gasteiger partial charge in [-0.15, -0.1) is 0 Å². The smallest absolute Gasteiger partial charge is 0.336 e. The second-order valence-corrected chi connectivity index (χ2v) is 7.73. The summed E-state index contributed by atoms with van der Waals surface area (Å²) >= 11 is 0. The van der Waals surface area contributed by atoms with Gasteiger partial charge in [-0.2, -0.15) is 0 Å². The van der Waals surface area contributed by atoms with Gasteiger partial charge in [0, 0.05) is 0 Å². The van der Waals surface area contributed by atoms with Crippen molar-refractivity contribution in [1.82, 2.24) is 0 Å². The highest BCUT2D eigenvalue weighted by molar-refractivity contribution is 6.04. The molecule has 0 heterocycles. The first kappa shape index (κ1) is 23.7. The predicted molar refractivity (Wildman–Crippen MR) is 107 cm³/mol. The van der Waals surface area contributed by atoms with E-state index >= 15 is 0 Å². The van der Waals surface area contributed by atoms with Crippen LogP contribution in [0.4, 0.5) is 0 Å². The third kappa shape index (κ3) is 8.11. The highest BCUT2D eigenvalue weighted by Crippen LogP contribution is 2.22. The van der Waals surface area contributed by atoms with E-state index in [-0.39, 0.29) is 16.7 Å². The number of hydrogen-bond donors (Lipinski definition) is 3. The molecule has 0 fully saturated rings. The fraction of sp³-hybridized carbons (Fsp3) is 0.591. The molecule has 28 heavy (non-hydrogen) atoms. The van der Waals surface area contributed by atoms with E-state index in [1.54, 1.807) is 0 Å². The van der Waals surface area contributed by atoms with Gasteiger partial charge in [0.1, 0.15) is 0 Å². The number of carboxylic acids is 3. The predicted octanol–water partition coefficient (Wildman–Crippen LogP) is 5.49. The molecule has 0 atom stereocenters. The normalized spacial score (nSPS) is 11.0. The third-order valence-electron chi connectivity index (χ3n) is 4.89. The Bertz CT molecular complexity index is 678. The lowest BCUT2D eigenvalue weighted by molar-refractivity contribution is 0.0648. The molecule has 0 amide bonds. The Morgan fingerprint density at radius 1 is 0.750 bits per heavy atom. The first-order valence-electron chi connectivity index (χ1n) is 10.1. The highest BCUT2D eigenvalue weighted by atomic mass is 16.4. The summed E-state index contributed by atoms with van der Waals surface area (Å²) < 4.78 is 0. The average Bonchev–Trinajstić information content (AvgIpc) is 2.61. The summed E-state index contributed by atoms with van der Waals surface area (Å²) in [5.41, 5.74) is -0.691. The highest BCUT2D eigenvalue weighted by Gasteiger charge is 2.23. The fourth-order valence-corrected chi connectivity index (χ4v) is 3.37. The van der Waals surface area contributed by atoms with Crippen molar-refractivity contribution in [1.29, 1.82) is 0 Å².